The topological polar surface area (TPSA) is 160 Å². The third kappa shape index (κ3) is 10.8. The van der Waals surface area contributed by atoms with Crippen molar-refractivity contribution >= 4 is 35.6 Å². The number of hydrogen-bond donors (Lipinski definition) is 3. The van der Waals surface area contributed by atoms with Gasteiger partial charge in [-0.2, -0.15) is 0 Å². The molecule has 45 heavy (non-hydrogen) atoms. The SMILES string of the molecule is C=CCC[C@@H](NC(=O)[C@@H]1[C@H]2CC2CN1C(=O)[C@@H](NC(=O)OC(C)(C)C)C1CCCCC1)C(=O)C(=O)NCCC(=O)OC(C)(C)C. The van der Waals surface area contributed by atoms with Crippen LogP contribution in [0.1, 0.15) is 99.3 Å². The number of hydrogen-bond acceptors (Lipinski definition) is 8. The third-order valence-electron chi connectivity index (χ3n) is 8.31. The summed E-state index contributed by atoms with van der Waals surface area (Å²) in [4.78, 5) is 80.0. The van der Waals surface area contributed by atoms with Gasteiger partial charge in [-0.25, -0.2) is 4.79 Å². The van der Waals surface area contributed by atoms with Gasteiger partial charge in [-0.05, 0) is 91.4 Å². The number of fused-ring (bicyclic) bond motifs is 1. The van der Waals surface area contributed by atoms with Crippen LogP contribution in [0.3, 0.4) is 0 Å². The number of alkyl carbamates (subject to hydrolysis) is 1. The lowest BCUT2D eigenvalue weighted by Crippen LogP contribution is -2.59. The van der Waals surface area contributed by atoms with Gasteiger partial charge in [0.2, 0.25) is 17.6 Å². The summed E-state index contributed by atoms with van der Waals surface area (Å²) in [6.07, 6.45) is 6.63. The fourth-order valence-corrected chi connectivity index (χ4v) is 6.22. The smallest absolute Gasteiger partial charge is 0.408 e. The first kappa shape index (κ1) is 36.0. The number of carbonyl (C=O) groups is 6. The summed E-state index contributed by atoms with van der Waals surface area (Å²) in [5.41, 5.74) is -1.41. The Labute approximate surface area is 266 Å². The predicted molar refractivity (Wildman–Crippen MR) is 167 cm³/mol. The molecule has 4 amide bonds. The fraction of sp³-hybridized carbons (Fsp3) is 0.758. The summed E-state index contributed by atoms with van der Waals surface area (Å²) in [6.45, 7) is 14.4. The number of nitrogens with one attached hydrogen (secondary N) is 3. The summed E-state index contributed by atoms with van der Waals surface area (Å²) in [6, 6.07) is -2.79. The van der Waals surface area contributed by atoms with Crippen LogP contribution in [0.15, 0.2) is 12.7 Å². The number of nitrogens with zero attached hydrogens (tertiary/aromatic N) is 1. The minimum atomic E-state index is -1.14. The lowest BCUT2D eigenvalue weighted by molar-refractivity contribution is -0.154. The van der Waals surface area contributed by atoms with Crippen molar-refractivity contribution in [3.05, 3.63) is 12.7 Å². The average Bonchev–Trinajstić information content (AvgIpc) is 3.60. The summed E-state index contributed by atoms with van der Waals surface area (Å²) in [5.74, 6) is -3.07. The molecule has 1 saturated heterocycles. The number of Topliss-reactive ketones (excluding diaryl/α,β-unsaturated/α-hetero) is 1. The Bertz CT molecular complexity index is 1130. The molecule has 0 aromatic heterocycles. The molecule has 1 unspecified atom stereocenters. The molecule has 5 atom stereocenters. The van der Waals surface area contributed by atoms with Crippen LogP contribution >= 0.6 is 0 Å². The summed E-state index contributed by atoms with van der Waals surface area (Å²) in [7, 11) is 0. The largest absolute Gasteiger partial charge is 0.460 e. The van der Waals surface area contributed by atoms with Crippen molar-refractivity contribution in [3.63, 3.8) is 0 Å². The van der Waals surface area contributed by atoms with Gasteiger partial charge in [-0.3, -0.25) is 24.0 Å². The van der Waals surface area contributed by atoms with Crippen LogP contribution in [0.2, 0.25) is 0 Å². The number of allylic oxidation sites excluding steroid dienone is 1. The normalized spacial score (nSPS) is 22.7. The van der Waals surface area contributed by atoms with Crippen LogP contribution in [-0.2, 0) is 33.4 Å². The van der Waals surface area contributed by atoms with E-state index in [9.17, 15) is 28.8 Å². The Hall–Kier alpha value is -3.44. The Morgan fingerprint density at radius 3 is 2.18 bits per heavy atom. The average molecular weight is 633 g/mol. The lowest BCUT2D eigenvalue weighted by Gasteiger charge is -2.36. The standard InChI is InChI=1S/C33H52N4O8/c1-8-9-15-23(27(39)29(41)34-17-16-24(38)44-32(2,3)4)35-28(40)26-22-18-21(22)19-37(26)30(42)25(20-13-11-10-12-14-20)36-31(43)45-33(5,6)7/h8,20-23,25-26H,1,9-19H2,2-7H3,(H,34,41)(H,35,40)(H,36,43)/t21?,22-,23+,25-,26-/m0/s1. The van der Waals surface area contributed by atoms with E-state index in [1.54, 1.807) is 52.5 Å². The highest BCUT2D eigenvalue weighted by molar-refractivity contribution is 6.38. The molecule has 2 saturated carbocycles. The van der Waals surface area contributed by atoms with Crippen LogP contribution in [0.25, 0.3) is 0 Å². The van der Waals surface area contributed by atoms with Gasteiger partial charge in [0.15, 0.2) is 0 Å². The second kappa shape index (κ2) is 15.2. The number of esters is 1. The molecule has 2 aliphatic carbocycles. The quantitative estimate of drug-likeness (QED) is 0.159. The van der Waals surface area contributed by atoms with Crippen LogP contribution in [-0.4, -0.2) is 82.9 Å². The van der Waals surface area contributed by atoms with E-state index in [0.717, 1.165) is 38.5 Å². The van der Waals surface area contributed by atoms with Crippen molar-refractivity contribution in [2.24, 2.45) is 17.8 Å². The van der Waals surface area contributed by atoms with Gasteiger partial charge in [0, 0.05) is 13.1 Å². The second-order valence-electron chi connectivity index (χ2n) is 14.5. The van der Waals surface area contributed by atoms with Crippen LogP contribution in [0.4, 0.5) is 4.79 Å². The van der Waals surface area contributed by atoms with Gasteiger partial charge in [0.05, 0.1) is 12.5 Å². The van der Waals surface area contributed by atoms with Crippen molar-refractivity contribution < 1.29 is 38.2 Å². The maximum absolute atomic E-state index is 14.1. The van der Waals surface area contributed by atoms with Gasteiger partial charge in [-0.1, -0.05) is 25.3 Å². The van der Waals surface area contributed by atoms with E-state index in [1.165, 1.54) is 0 Å². The molecule has 0 aromatic carbocycles. The molecule has 3 aliphatic rings. The first-order chi connectivity index (χ1) is 21.0. The van der Waals surface area contributed by atoms with Crippen molar-refractivity contribution in [1.29, 1.82) is 0 Å². The summed E-state index contributed by atoms with van der Waals surface area (Å²) < 4.78 is 10.7. The van der Waals surface area contributed by atoms with Gasteiger partial charge in [0.1, 0.15) is 23.3 Å². The van der Waals surface area contributed by atoms with Gasteiger partial charge >= 0.3 is 12.1 Å². The monoisotopic (exact) mass is 632 g/mol. The molecule has 3 fully saturated rings. The highest BCUT2D eigenvalue weighted by Crippen LogP contribution is 2.50. The molecule has 3 rings (SSSR count). The molecule has 252 valence electrons. The number of amides is 4. The second-order valence-corrected chi connectivity index (χ2v) is 14.5. The number of piperidine rings is 1. The molecule has 3 N–H and O–H groups in total. The van der Waals surface area contributed by atoms with Crippen molar-refractivity contribution in [2.45, 2.75) is 129 Å². The van der Waals surface area contributed by atoms with E-state index in [-0.39, 0.29) is 43.0 Å². The zero-order valence-corrected chi connectivity index (χ0v) is 27.7. The Morgan fingerprint density at radius 2 is 1.58 bits per heavy atom. The molecule has 1 aliphatic heterocycles. The van der Waals surface area contributed by atoms with Crippen LogP contribution < -0.4 is 16.0 Å². The predicted octanol–water partition coefficient (Wildman–Crippen LogP) is 3.18. The van der Waals surface area contributed by atoms with Crippen molar-refractivity contribution in [3.8, 4) is 0 Å². The number of likely N-dealkylation sites (tertiary alicyclic amines) is 1. The molecule has 0 radical (unpaired) electrons. The van der Waals surface area contributed by atoms with Crippen molar-refractivity contribution in [2.75, 3.05) is 13.1 Å². The van der Waals surface area contributed by atoms with E-state index in [2.05, 4.69) is 22.5 Å². The zero-order chi connectivity index (χ0) is 33.5. The zero-order valence-electron chi connectivity index (χ0n) is 27.7. The Balaban J connectivity index is 1.70. The maximum atomic E-state index is 14.1. The van der Waals surface area contributed by atoms with E-state index in [0.29, 0.717) is 13.0 Å². The highest BCUT2D eigenvalue weighted by Gasteiger charge is 2.58. The molecule has 0 aromatic rings. The van der Waals surface area contributed by atoms with Crippen LogP contribution in [0.5, 0.6) is 0 Å². The minimum Gasteiger partial charge on any atom is -0.460 e. The molecule has 12 heteroatoms. The fourth-order valence-electron chi connectivity index (χ4n) is 6.22. The van der Waals surface area contributed by atoms with Gasteiger partial charge in [0.25, 0.3) is 5.91 Å². The Morgan fingerprint density at radius 1 is 0.933 bits per heavy atom. The maximum Gasteiger partial charge on any atom is 0.408 e. The lowest BCUT2D eigenvalue weighted by atomic mass is 9.83. The van der Waals surface area contributed by atoms with Crippen molar-refractivity contribution in [1.82, 2.24) is 20.9 Å². The van der Waals surface area contributed by atoms with E-state index in [4.69, 9.17) is 9.47 Å². The first-order valence-electron chi connectivity index (χ1n) is 16.3. The molecular weight excluding hydrogens is 580 g/mol. The first-order valence-corrected chi connectivity index (χ1v) is 16.3. The molecular formula is C33H52N4O8. The number of ether oxygens (including phenoxy) is 2. The molecule has 1 heterocycles. The molecule has 0 spiro atoms. The number of ketones is 1. The summed E-state index contributed by atoms with van der Waals surface area (Å²) >= 11 is 0. The highest BCUT2D eigenvalue weighted by atomic mass is 16.6. The van der Waals surface area contributed by atoms with Crippen LogP contribution in [0, 0.1) is 17.8 Å². The van der Waals surface area contributed by atoms with E-state index < -0.39 is 59.0 Å². The number of rotatable bonds is 13. The van der Waals surface area contributed by atoms with E-state index in [1.807, 2.05) is 0 Å². The van der Waals surface area contributed by atoms with E-state index >= 15 is 0 Å². The molecule has 0 bridgehead atoms. The van der Waals surface area contributed by atoms with Gasteiger partial charge < -0.3 is 30.3 Å². The third-order valence-corrected chi connectivity index (χ3v) is 8.31. The minimum absolute atomic E-state index is 0.0553. The molecule has 12 nitrogen and oxygen atoms in total. The van der Waals surface area contributed by atoms with Gasteiger partial charge in [-0.15, -0.1) is 6.58 Å². The Kier molecular flexibility index (Phi) is 12.2. The number of carbonyl (C=O) groups excluding carboxylic acids is 6. The summed E-state index contributed by atoms with van der Waals surface area (Å²) in [5, 5.41) is 8.00.